The number of hydrogen-bond acceptors (Lipinski definition) is 5. The zero-order chi connectivity index (χ0) is 20.3. The maximum absolute atomic E-state index is 12.3. The molecule has 0 fully saturated rings. The highest BCUT2D eigenvalue weighted by Crippen LogP contribution is 2.30. The second kappa shape index (κ2) is 7.91. The minimum Gasteiger partial charge on any atom is -0.457 e. The number of carbonyl (C=O) groups is 1. The first-order valence-electron chi connectivity index (χ1n) is 8.64. The summed E-state index contributed by atoms with van der Waals surface area (Å²) in [6, 6.07) is 11.6. The van der Waals surface area contributed by atoms with Gasteiger partial charge in [-0.1, -0.05) is 6.07 Å². The van der Waals surface area contributed by atoms with Crippen molar-refractivity contribution in [1.82, 2.24) is 9.78 Å². The van der Waals surface area contributed by atoms with Gasteiger partial charge in [-0.2, -0.15) is 5.10 Å². The van der Waals surface area contributed by atoms with Crippen molar-refractivity contribution in [3.8, 4) is 11.5 Å². The van der Waals surface area contributed by atoms with Crippen LogP contribution in [-0.4, -0.2) is 20.6 Å². The quantitative estimate of drug-likeness (QED) is 0.512. The standard InChI is InChI=1S/C20H20N4O4/c1-13-6-14(2)8-18(7-13)28-19-10-16(9-17(11-19)24(26)27)22-20(25)12-23-15(3)4-5-21-23/h4-11H,12H2,1-3H3,(H,22,25). The van der Waals surface area contributed by atoms with Crippen LogP contribution in [-0.2, 0) is 11.3 Å². The van der Waals surface area contributed by atoms with Crippen molar-refractivity contribution < 1.29 is 14.5 Å². The Hall–Kier alpha value is -3.68. The fourth-order valence-electron chi connectivity index (χ4n) is 2.85. The van der Waals surface area contributed by atoms with Crippen LogP contribution in [0, 0.1) is 30.9 Å². The summed E-state index contributed by atoms with van der Waals surface area (Å²) < 4.78 is 7.35. The van der Waals surface area contributed by atoms with E-state index in [2.05, 4.69) is 10.4 Å². The number of hydrogen-bond donors (Lipinski definition) is 1. The third kappa shape index (κ3) is 4.73. The molecule has 8 heteroatoms. The summed E-state index contributed by atoms with van der Waals surface area (Å²) in [6.07, 6.45) is 1.60. The molecule has 3 rings (SSSR count). The number of nitrogens with one attached hydrogen (secondary N) is 1. The monoisotopic (exact) mass is 380 g/mol. The third-order valence-electron chi connectivity index (χ3n) is 4.04. The first-order valence-corrected chi connectivity index (χ1v) is 8.64. The van der Waals surface area contributed by atoms with Crippen molar-refractivity contribution in [2.75, 3.05) is 5.32 Å². The van der Waals surface area contributed by atoms with E-state index >= 15 is 0 Å². The lowest BCUT2D eigenvalue weighted by atomic mass is 10.1. The molecule has 3 aromatic rings. The third-order valence-corrected chi connectivity index (χ3v) is 4.04. The van der Waals surface area contributed by atoms with Crippen LogP contribution in [0.1, 0.15) is 16.8 Å². The van der Waals surface area contributed by atoms with Crippen molar-refractivity contribution in [2.45, 2.75) is 27.3 Å². The van der Waals surface area contributed by atoms with Gasteiger partial charge in [0.05, 0.1) is 16.7 Å². The Labute approximate surface area is 161 Å². The smallest absolute Gasteiger partial charge is 0.275 e. The largest absolute Gasteiger partial charge is 0.457 e. The Bertz CT molecular complexity index is 1020. The van der Waals surface area contributed by atoms with Gasteiger partial charge in [0.25, 0.3) is 5.69 Å². The van der Waals surface area contributed by atoms with Gasteiger partial charge in [-0.25, -0.2) is 0 Å². The summed E-state index contributed by atoms with van der Waals surface area (Å²) in [6.45, 7) is 5.73. The molecule has 0 aliphatic rings. The normalized spacial score (nSPS) is 10.5. The van der Waals surface area contributed by atoms with Crippen LogP contribution in [0.5, 0.6) is 11.5 Å². The molecule has 144 valence electrons. The lowest BCUT2D eigenvalue weighted by Gasteiger charge is -2.11. The predicted octanol–water partition coefficient (Wildman–Crippen LogP) is 4.15. The number of nitro groups is 1. The van der Waals surface area contributed by atoms with Gasteiger partial charge in [0.2, 0.25) is 5.91 Å². The zero-order valence-corrected chi connectivity index (χ0v) is 15.8. The fraction of sp³-hybridized carbons (Fsp3) is 0.200. The number of aromatic nitrogens is 2. The molecule has 8 nitrogen and oxygen atoms in total. The molecule has 0 unspecified atom stereocenters. The van der Waals surface area contributed by atoms with E-state index < -0.39 is 4.92 Å². The van der Waals surface area contributed by atoms with E-state index in [4.69, 9.17) is 4.74 Å². The van der Waals surface area contributed by atoms with E-state index in [1.807, 2.05) is 39.0 Å². The van der Waals surface area contributed by atoms with Gasteiger partial charge >= 0.3 is 0 Å². The Kier molecular flexibility index (Phi) is 5.39. The molecule has 0 spiro atoms. The van der Waals surface area contributed by atoms with Gasteiger partial charge in [0.1, 0.15) is 18.0 Å². The molecule has 1 aromatic heterocycles. The first-order chi connectivity index (χ1) is 13.3. The second-order valence-corrected chi connectivity index (χ2v) is 6.58. The molecule has 0 radical (unpaired) electrons. The summed E-state index contributed by atoms with van der Waals surface area (Å²) in [4.78, 5) is 23.0. The number of nitro benzene ring substituents is 1. The fourth-order valence-corrected chi connectivity index (χ4v) is 2.85. The number of carbonyl (C=O) groups excluding carboxylic acids is 1. The predicted molar refractivity (Wildman–Crippen MR) is 105 cm³/mol. The van der Waals surface area contributed by atoms with Crippen molar-refractivity contribution >= 4 is 17.3 Å². The van der Waals surface area contributed by atoms with Gasteiger partial charge in [0.15, 0.2) is 0 Å². The Morgan fingerprint density at radius 1 is 1.11 bits per heavy atom. The van der Waals surface area contributed by atoms with E-state index in [1.54, 1.807) is 23.0 Å². The molecule has 1 amide bonds. The number of amides is 1. The molecule has 0 bridgehead atoms. The number of ether oxygens (including phenoxy) is 1. The number of anilines is 1. The molecule has 2 aromatic carbocycles. The van der Waals surface area contributed by atoms with Crippen LogP contribution >= 0.6 is 0 Å². The number of nitrogens with zero attached hydrogens (tertiary/aromatic N) is 3. The summed E-state index contributed by atoms with van der Waals surface area (Å²) in [5.41, 5.74) is 2.98. The van der Waals surface area contributed by atoms with E-state index in [0.717, 1.165) is 16.8 Å². The molecule has 0 saturated carbocycles. The van der Waals surface area contributed by atoms with Gasteiger partial charge in [-0.15, -0.1) is 0 Å². The number of rotatable bonds is 6. The van der Waals surface area contributed by atoms with Gasteiger partial charge < -0.3 is 10.1 Å². The van der Waals surface area contributed by atoms with E-state index in [1.165, 1.54) is 12.1 Å². The first kappa shape index (κ1) is 19.1. The molecule has 0 aliphatic carbocycles. The lowest BCUT2D eigenvalue weighted by Crippen LogP contribution is -2.20. The number of non-ortho nitro benzene ring substituents is 1. The average Bonchev–Trinajstić information content (AvgIpc) is 2.98. The Balaban J connectivity index is 1.83. The molecule has 0 atom stereocenters. The van der Waals surface area contributed by atoms with Crippen molar-refractivity contribution in [1.29, 1.82) is 0 Å². The van der Waals surface area contributed by atoms with Crippen LogP contribution < -0.4 is 10.1 Å². The van der Waals surface area contributed by atoms with E-state index in [9.17, 15) is 14.9 Å². The van der Waals surface area contributed by atoms with Crippen molar-refractivity contribution in [3.05, 3.63) is 75.6 Å². The van der Waals surface area contributed by atoms with Crippen molar-refractivity contribution in [3.63, 3.8) is 0 Å². The van der Waals surface area contributed by atoms with Gasteiger partial charge in [-0.05, 0) is 50.1 Å². The van der Waals surface area contributed by atoms with E-state index in [0.29, 0.717) is 5.75 Å². The minimum absolute atomic E-state index is 0.00872. The number of aryl methyl sites for hydroxylation is 3. The van der Waals surface area contributed by atoms with Gasteiger partial charge in [-0.3, -0.25) is 19.6 Å². The Morgan fingerprint density at radius 2 is 1.79 bits per heavy atom. The summed E-state index contributed by atoms with van der Waals surface area (Å²) in [5.74, 6) is 0.497. The molecular formula is C20H20N4O4. The molecule has 1 heterocycles. The lowest BCUT2D eigenvalue weighted by molar-refractivity contribution is -0.384. The van der Waals surface area contributed by atoms with Crippen LogP contribution in [0.25, 0.3) is 0 Å². The van der Waals surface area contributed by atoms with Crippen LogP contribution in [0.4, 0.5) is 11.4 Å². The minimum atomic E-state index is -0.526. The van der Waals surface area contributed by atoms with Crippen LogP contribution in [0.15, 0.2) is 48.7 Å². The highest BCUT2D eigenvalue weighted by atomic mass is 16.6. The maximum Gasteiger partial charge on any atom is 0.275 e. The summed E-state index contributed by atoms with van der Waals surface area (Å²) >= 11 is 0. The molecule has 0 aliphatic heterocycles. The highest BCUT2D eigenvalue weighted by molar-refractivity contribution is 5.91. The molecule has 28 heavy (non-hydrogen) atoms. The highest BCUT2D eigenvalue weighted by Gasteiger charge is 2.14. The average molecular weight is 380 g/mol. The van der Waals surface area contributed by atoms with Gasteiger partial charge in [0, 0.05) is 24.0 Å². The number of benzene rings is 2. The van der Waals surface area contributed by atoms with E-state index in [-0.39, 0.29) is 29.6 Å². The van der Waals surface area contributed by atoms with Crippen LogP contribution in [0.2, 0.25) is 0 Å². The summed E-state index contributed by atoms with van der Waals surface area (Å²) in [5, 5.41) is 18.0. The second-order valence-electron chi connectivity index (χ2n) is 6.58. The Morgan fingerprint density at radius 3 is 2.39 bits per heavy atom. The topological polar surface area (TPSA) is 99.3 Å². The molecule has 1 N–H and O–H groups in total. The SMILES string of the molecule is Cc1cc(C)cc(Oc2cc(NC(=O)Cn3nccc3C)cc([N+](=O)[O-])c2)c1. The van der Waals surface area contributed by atoms with Crippen molar-refractivity contribution in [2.24, 2.45) is 0 Å². The molecule has 0 saturated heterocycles. The summed E-state index contributed by atoms with van der Waals surface area (Å²) in [7, 11) is 0. The maximum atomic E-state index is 12.3. The van der Waals surface area contributed by atoms with Crippen LogP contribution in [0.3, 0.4) is 0 Å². The zero-order valence-electron chi connectivity index (χ0n) is 15.8. The molecular weight excluding hydrogens is 360 g/mol.